The van der Waals surface area contributed by atoms with Crippen LogP contribution in [-0.4, -0.2) is 30.9 Å². The molecule has 0 spiro atoms. The van der Waals surface area contributed by atoms with Crippen molar-refractivity contribution in [3.63, 3.8) is 0 Å². The fourth-order valence-electron chi connectivity index (χ4n) is 3.64. The topological polar surface area (TPSA) is 87.5 Å². The van der Waals surface area contributed by atoms with Crippen LogP contribution in [0, 0.1) is 0 Å². The molecule has 1 heterocycles. The van der Waals surface area contributed by atoms with Gasteiger partial charge in [0.05, 0.1) is 6.54 Å². The first-order valence-corrected chi connectivity index (χ1v) is 9.89. The fourth-order valence-corrected chi connectivity index (χ4v) is 3.64. The van der Waals surface area contributed by atoms with E-state index in [1.165, 1.54) is 0 Å². The molecule has 2 aliphatic rings. The Balaban J connectivity index is 1.34. The number of amides is 2. The molecule has 1 aliphatic carbocycles. The van der Waals surface area contributed by atoms with Crippen molar-refractivity contribution < 1.29 is 9.59 Å². The maximum atomic E-state index is 12.5. The van der Waals surface area contributed by atoms with Crippen molar-refractivity contribution in [2.45, 2.75) is 38.3 Å². The molecule has 4 rings (SSSR count). The van der Waals surface area contributed by atoms with Crippen LogP contribution in [0.5, 0.6) is 0 Å². The third-order valence-corrected chi connectivity index (χ3v) is 5.31. The van der Waals surface area contributed by atoms with Gasteiger partial charge >= 0.3 is 0 Å². The molecule has 1 fully saturated rings. The molecule has 0 unspecified atom stereocenters. The van der Waals surface area contributed by atoms with Gasteiger partial charge in [-0.2, -0.15) is 0 Å². The highest BCUT2D eigenvalue weighted by atomic mass is 16.2. The lowest BCUT2D eigenvalue weighted by Gasteiger charge is -2.31. The molecule has 0 atom stereocenters. The van der Waals surface area contributed by atoms with E-state index in [-0.39, 0.29) is 11.8 Å². The lowest BCUT2D eigenvalue weighted by Crippen LogP contribution is -2.39. The van der Waals surface area contributed by atoms with Crippen molar-refractivity contribution in [3.8, 4) is 0 Å². The number of fused-ring (bicyclic) bond motifs is 1. The maximum absolute atomic E-state index is 12.5. The third-order valence-electron chi connectivity index (χ3n) is 5.31. The molecule has 146 valence electrons. The van der Waals surface area contributed by atoms with Crippen LogP contribution >= 0.6 is 0 Å². The highest BCUT2D eigenvalue weighted by Crippen LogP contribution is 2.30. The summed E-state index contributed by atoms with van der Waals surface area (Å²) in [6.07, 6.45) is 4.07. The average Bonchev–Trinajstić information content (AvgIpc) is 3.51. The van der Waals surface area contributed by atoms with E-state index >= 15 is 0 Å². The van der Waals surface area contributed by atoms with Crippen molar-refractivity contribution >= 4 is 23.2 Å². The van der Waals surface area contributed by atoms with E-state index in [1.54, 1.807) is 6.07 Å². The SMILES string of the molecule is Nc1cccc2c1CCCN2CC(=O)NCc1cccc(C(=O)NC2CC2)c1. The second-order valence-corrected chi connectivity index (χ2v) is 7.59. The summed E-state index contributed by atoms with van der Waals surface area (Å²) in [6.45, 7) is 1.56. The number of nitrogens with zero attached hydrogens (tertiary/aromatic N) is 1. The number of hydrogen-bond donors (Lipinski definition) is 3. The van der Waals surface area contributed by atoms with Gasteiger partial charge in [0.25, 0.3) is 5.91 Å². The molecule has 0 bridgehead atoms. The number of nitrogen functional groups attached to an aromatic ring is 1. The van der Waals surface area contributed by atoms with Gasteiger partial charge in [-0.05, 0) is 61.1 Å². The molecule has 2 aromatic rings. The summed E-state index contributed by atoms with van der Waals surface area (Å²) in [5, 5.41) is 5.95. The number of hydrogen-bond acceptors (Lipinski definition) is 4. The molecule has 0 aromatic heterocycles. The lowest BCUT2D eigenvalue weighted by molar-refractivity contribution is -0.119. The van der Waals surface area contributed by atoms with Gasteiger partial charge in [-0.15, -0.1) is 0 Å². The predicted octanol–water partition coefficient (Wildman–Crippen LogP) is 2.23. The van der Waals surface area contributed by atoms with Crippen LogP contribution in [0.15, 0.2) is 42.5 Å². The predicted molar refractivity (Wildman–Crippen MR) is 110 cm³/mol. The molecule has 4 N–H and O–H groups in total. The van der Waals surface area contributed by atoms with Crippen LogP contribution < -0.4 is 21.3 Å². The highest BCUT2D eigenvalue weighted by molar-refractivity contribution is 5.94. The molecule has 1 aliphatic heterocycles. The zero-order chi connectivity index (χ0) is 19.5. The summed E-state index contributed by atoms with van der Waals surface area (Å²) in [6, 6.07) is 13.6. The van der Waals surface area contributed by atoms with Gasteiger partial charge in [0, 0.05) is 36.1 Å². The largest absolute Gasteiger partial charge is 0.398 e. The standard InChI is InChI=1S/C22H26N4O2/c23-19-7-2-8-20-18(19)6-3-11-26(20)14-21(27)24-13-15-4-1-5-16(12-15)22(28)25-17-9-10-17/h1-2,4-5,7-8,12,17H,3,6,9-11,13-14,23H2,(H,24,27)(H,25,28). The summed E-state index contributed by atoms with van der Waals surface area (Å²) in [5.41, 5.74) is 10.6. The van der Waals surface area contributed by atoms with Crippen LogP contribution in [0.25, 0.3) is 0 Å². The quantitative estimate of drug-likeness (QED) is 0.673. The Bertz CT molecular complexity index is 892. The Hall–Kier alpha value is -3.02. The number of benzene rings is 2. The van der Waals surface area contributed by atoms with Crippen molar-refractivity contribution in [1.29, 1.82) is 0 Å². The number of nitrogens with one attached hydrogen (secondary N) is 2. The molecule has 2 aromatic carbocycles. The van der Waals surface area contributed by atoms with Gasteiger partial charge in [-0.1, -0.05) is 18.2 Å². The minimum absolute atomic E-state index is 0.0388. The van der Waals surface area contributed by atoms with E-state index in [2.05, 4.69) is 15.5 Å². The van der Waals surface area contributed by atoms with Crippen LogP contribution in [0.4, 0.5) is 11.4 Å². The lowest BCUT2D eigenvalue weighted by atomic mass is 10.00. The zero-order valence-electron chi connectivity index (χ0n) is 15.9. The molecule has 1 saturated carbocycles. The van der Waals surface area contributed by atoms with E-state index in [1.807, 2.05) is 36.4 Å². The summed E-state index contributed by atoms with van der Waals surface area (Å²) >= 11 is 0. The minimum Gasteiger partial charge on any atom is -0.398 e. The second-order valence-electron chi connectivity index (χ2n) is 7.59. The van der Waals surface area contributed by atoms with Crippen molar-refractivity contribution in [1.82, 2.24) is 10.6 Å². The molecule has 6 heteroatoms. The van der Waals surface area contributed by atoms with E-state index in [4.69, 9.17) is 5.73 Å². The molecular formula is C22H26N4O2. The van der Waals surface area contributed by atoms with E-state index in [9.17, 15) is 9.59 Å². The van der Waals surface area contributed by atoms with Gasteiger partial charge in [0.15, 0.2) is 0 Å². The Morgan fingerprint density at radius 1 is 1.14 bits per heavy atom. The smallest absolute Gasteiger partial charge is 0.251 e. The normalized spacial score (nSPS) is 15.6. The summed E-state index contributed by atoms with van der Waals surface area (Å²) in [4.78, 5) is 26.8. The van der Waals surface area contributed by atoms with Gasteiger partial charge in [0.2, 0.25) is 5.91 Å². The van der Waals surface area contributed by atoms with Gasteiger partial charge in [-0.25, -0.2) is 0 Å². The zero-order valence-corrected chi connectivity index (χ0v) is 15.9. The fraction of sp³-hybridized carbons (Fsp3) is 0.364. The third kappa shape index (κ3) is 4.27. The first kappa shape index (κ1) is 18.3. The Morgan fingerprint density at radius 2 is 1.96 bits per heavy atom. The van der Waals surface area contributed by atoms with Crippen molar-refractivity contribution in [2.24, 2.45) is 0 Å². The van der Waals surface area contributed by atoms with Crippen LogP contribution in [-0.2, 0) is 17.8 Å². The first-order valence-electron chi connectivity index (χ1n) is 9.89. The average molecular weight is 378 g/mol. The molecule has 6 nitrogen and oxygen atoms in total. The number of carbonyl (C=O) groups excluding carboxylic acids is 2. The van der Waals surface area contributed by atoms with E-state index < -0.39 is 0 Å². The van der Waals surface area contributed by atoms with Gasteiger partial charge in [-0.3, -0.25) is 9.59 Å². The number of rotatable bonds is 6. The van der Waals surface area contributed by atoms with E-state index in [0.717, 1.165) is 54.7 Å². The molecular weight excluding hydrogens is 352 g/mol. The van der Waals surface area contributed by atoms with Crippen LogP contribution in [0.1, 0.15) is 40.7 Å². The Morgan fingerprint density at radius 3 is 2.79 bits per heavy atom. The molecule has 2 amide bonds. The monoisotopic (exact) mass is 378 g/mol. The summed E-state index contributed by atoms with van der Waals surface area (Å²) in [5.74, 6) is -0.0821. The number of anilines is 2. The number of nitrogens with two attached hydrogens (primary N) is 1. The first-order chi connectivity index (χ1) is 13.6. The molecule has 0 saturated heterocycles. The van der Waals surface area contributed by atoms with Crippen LogP contribution in [0.2, 0.25) is 0 Å². The van der Waals surface area contributed by atoms with Crippen molar-refractivity contribution in [3.05, 3.63) is 59.2 Å². The summed E-state index contributed by atoms with van der Waals surface area (Å²) < 4.78 is 0. The highest BCUT2D eigenvalue weighted by Gasteiger charge is 2.24. The minimum atomic E-state index is -0.0433. The van der Waals surface area contributed by atoms with Gasteiger partial charge in [0.1, 0.15) is 0 Å². The summed E-state index contributed by atoms with van der Waals surface area (Å²) in [7, 11) is 0. The molecule has 28 heavy (non-hydrogen) atoms. The van der Waals surface area contributed by atoms with E-state index in [0.29, 0.717) is 24.7 Å². The van der Waals surface area contributed by atoms with Crippen molar-refractivity contribution in [2.75, 3.05) is 23.7 Å². The van der Waals surface area contributed by atoms with Gasteiger partial charge < -0.3 is 21.3 Å². The Labute approximate surface area is 165 Å². The number of carbonyl (C=O) groups is 2. The second kappa shape index (κ2) is 7.92. The molecule has 0 radical (unpaired) electrons. The van der Waals surface area contributed by atoms with Crippen LogP contribution in [0.3, 0.4) is 0 Å². The maximum Gasteiger partial charge on any atom is 0.251 e. The Kier molecular flexibility index (Phi) is 5.19.